The first-order valence-electron chi connectivity index (χ1n) is 10.7. The number of fused-ring (bicyclic) bond motifs is 3. The molecule has 2 aliphatic rings. The molecule has 1 saturated heterocycles. The van der Waals surface area contributed by atoms with Crippen LogP contribution in [0.15, 0.2) is 54.7 Å². The summed E-state index contributed by atoms with van der Waals surface area (Å²) in [6.07, 6.45) is 1.81. The molecule has 3 heterocycles. The van der Waals surface area contributed by atoms with E-state index in [1.165, 1.54) is 11.1 Å². The van der Waals surface area contributed by atoms with E-state index < -0.39 is 9.84 Å². The van der Waals surface area contributed by atoms with Gasteiger partial charge in [0.1, 0.15) is 12.2 Å². The summed E-state index contributed by atoms with van der Waals surface area (Å²) in [7, 11) is -2.89. The van der Waals surface area contributed by atoms with Crippen LogP contribution < -0.4 is 4.74 Å². The molecular weight excluding hydrogens is 410 g/mol. The lowest BCUT2D eigenvalue weighted by molar-refractivity contribution is 0.0629. The third kappa shape index (κ3) is 4.18. The fourth-order valence-corrected chi connectivity index (χ4v) is 5.79. The van der Waals surface area contributed by atoms with Crippen molar-refractivity contribution in [1.82, 2.24) is 14.8 Å². The highest BCUT2D eigenvalue weighted by molar-refractivity contribution is 7.91. The zero-order valence-electron chi connectivity index (χ0n) is 17.7. The number of sulfone groups is 1. The summed E-state index contributed by atoms with van der Waals surface area (Å²) in [6.45, 7) is 5.40. The van der Waals surface area contributed by atoms with Crippen LogP contribution in [-0.2, 0) is 22.9 Å². The zero-order chi connectivity index (χ0) is 21.4. The molecule has 0 amide bonds. The van der Waals surface area contributed by atoms with Crippen molar-refractivity contribution in [3.05, 3.63) is 71.4 Å². The molecule has 0 radical (unpaired) electrons. The van der Waals surface area contributed by atoms with Gasteiger partial charge in [-0.05, 0) is 30.2 Å². The molecule has 2 aliphatic heterocycles. The van der Waals surface area contributed by atoms with Crippen LogP contribution in [0.2, 0.25) is 0 Å². The number of hydrogen-bond donors (Lipinski definition) is 0. The topological polar surface area (TPSA) is 62.7 Å². The standard InChI is InChI=1S/C24H27N3O3S/c1-18(19-6-3-2-4-7-19)27-16-21-14-20(15-26-10-12-31(28,29)13-11-26)22-8-5-9-25-23(22)24(21)30-17-27/h2-9,14,18H,10-13,15-17H2,1H3. The van der Waals surface area contributed by atoms with E-state index in [0.29, 0.717) is 19.8 Å². The summed E-state index contributed by atoms with van der Waals surface area (Å²) >= 11 is 0. The van der Waals surface area contributed by atoms with Crippen LogP contribution in [0, 0.1) is 0 Å². The maximum Gasteiger partial charge on any atom is 0.152 e. The summed E-state index contributed by atoms with van der Waals surface area (Å²) in [5.41, 5.74) is 4.48. The maximum absolute atomic E-state index is 11.8. The molecule has 0 aliphatic carbocycles. The number of hydrogen-bond acceptors (Lipinski definition) is 6. The van der Waals surface area contributed by atoms with Crippen molar-refractivity contribution in [3.8, 4) is 5.75 Å². The second kappa shape index (κ2) is 8.22. The molecule has 31 heavy (non-hydrogen) atoms. The lowest BCUT2D eigenvalue weighted by Gasteiger charge is -2.35. The predicted octanol–water partition coefficient (Wildman–Crippen LogP) is 3.38. The molecule has 3 aromatic rings. The molecule has 5 rings (SSSR count). The highest BCUT2D eigenvalue weighted by Crippen LogP contribution is 2.37. The van der Waals surface area contributed by atoms with Crippen molar-refractivity contribution in [2.75, 3.05) is 31.3 Å². The summed E-state index contributed by atoms with van der Waals surface area (Å²) in [6, 6.07) is 17.0. The molecule has 1 aromatic heterocycles. The van der Waals surface area contributed by atoms with E-state index in [2.05, 4.69) is 58.1 Å². The normalized spacial score (nSPS) is 20.2. The second-order valence-electron chi connectivity index (χ2n) is 8.46. The highest BCUT2D eigenvalue weighted by Gasteiger charge is 2.27. The van der Waals surface area contributed by atoms with Crippen LogP contribution in [0.1, 0.15) is 29.7 Å². The first kappa shape index (κ1) is 20.4. The van der Waals surface area contributed by atoms with Crippen LogP contribution in [0.3, 0.4) is 0 Å². The summed E-state index contributed by atoms with van der Waals surface area (Å²) < 4.78 is 29.9. The van der Waals surface area contributed by atoms with Crippen LogP contribution in [0.5, 0.6) is 5.75 Å². The van der Waals surface area contributed by atoms with Crippen LogP contribution in [0.4, 0.5) is 0 Å². The molecule has 2 aromatic carbocycles. The molecular formula is C24H27N3O3S. The fourth-order valence-electron chi connectivity index (χ4n) is 4.51. The Balaban J connectivity index is 1.45. The van der Waals surface area contributed by atoms with Gasteiger partial charge in [0.25, 0.3) is 0 Å². The van der Waals surface area contributed by atoms with E-state index in [1.54, 1.807) is 0 Å². The Kier molecular flexibility index (Phi) is 5.42. The third-order valence-corrected chi connectivity index (χ3v) is 8.03. The monoisotopic (exact) mass is 437 g/mol. The average molecular weight is 438 g/mol. The average Bonchev–Trinajstić information content (AvgIpc) is 2.80. The van der Waals surface area contributed by atoms with Crippen molar-refractivity contribution in [3.63, 3.8) is 0 Å². The number of aromatic nitrogens is 1. The Morgan fingerprint density at radius 3 is 2.65 bits per heavy atom. The number of nitrogens with zero attached hydrogens (tertiary/aromatic N) is 3. The van der Waals surface area contributed by atoms with E-state index in [-0.39, 0.29) is 17.5 Å². The number of ether oxygens (including phenoxy) is 1. The van der Waals surface area contributed by atoms with Gasteiger partial charge in [-0.1, -0.05) is 36.4 Å². The van der Waals surface area contributed by atoms with Gasteiger partial charge in [0.15, 0.2) is 15.6 Å². The Labute approximate surface area is 183 Å². The van der Waals surface area contributed by atoms with Gasteiger partial charge in [-0.2, -0.15) is 0 Å². The lowest BCUT2D eigenvalue weighted by atomic mass is 10.00. The number of rotatable bonds is 4. The van der Waals surface area contributed by atoms with Crippen molar-refractivity contribution in [2.24, 2.45) is 0 Å². The minimum Gasteiger partial charge on any atom is -0.475 e. The summed E-state index contributed by atoms with van der Waals surface area (Å²) in [4.78, 5) is 9.19. The molecule has 0 saturated carbocycles. The van der Waals surface area contributed by atoms with Crippen molar-refractivity contribution < 1.29 is 13.2 Å². The SMILES string of the molecule is CC(c1ccccc1)N1COc2c(cc(CN3CCS(=O)(=O)CC3)c3cccnc23)C1. The molecule has 0 spiro atoms. The molecule has 7 heteroatoms. The minimum absolute atomic E-state index is 0.236. The zero-order valence-corrected chi connectivity index (χ0v) is 18.5. The van der Waals surface area contributed by atoms with E-state index in [9.17, 15) is 8.42 Å². The molecule has 1 atom stereocenters. The van der Waals surface area contributed by atoms with Crippen molar-refractivity contribution in [1.29, 1.82) is 0 Å². The Bertz CT molecular complexity index is 1180. The second-order valence-corrected chi connectivity index (χ2v) is 10.8. The molecule has 0 bridgehead atoms. The number of pyridine rings is 1. The first-order chi connectivity index (χ1) is 15.0. The quantitative estimate of drug-likeness (QED) is 0.624. The van der Waals surface area contributed by atoms with Gasteiger partial charge >= 0.3 is 0 Å². The Morgan fingerprint density at radius 2 is 1.87 bits per heavy atom. The molecule has 6 nitrogen and oxygen atoms in total. The van der Waals surface area contributed by atoms with Crippen molar-refractivity contribution in [2.45, 2.75) is 26.1 Å². The van der Waals surface area contributed by atoms with Gasteiger partial charge < -0.3 is 4.74 Å². The maximum atomic E-state index is 11.8. The summed E-state index contributed by atoms with van der Waals surface area (Å²) in [5, 5.41) is 1.08. The van der Waals surface area contributed by atoms with Gasteiger partial charge in [-0.25, -0.2) is 8.42 Å². The lowest BCUT2D eigenvalue weighted by Crippen LogP contribution is -2.39. The molecule has 162 valence electrons. The third-order valence-electron chi connectivity index (χ3n) is 6.42. The van der Waals surface area contributed by atoms with E-state index in [1.807, 2.05) is 18.3 Å². The van der Waals surface area contributed by atoms with E-state index >= 15 is 0 Å². The molecule has 0 N–H and O–H groups in total. The predicted molar refractivity (Wildman–Crippen MR) is 122 cm³/mol. The van der Waals surface area contributed by atoms with Crippen LogP contribution >= 0.6 is 0 Å². The number of benzene rings is 2. The molecule has 1 fully saturated rings. The van der Waals surface area contributed by atoms with Gasteiger partial charge in [0, 0.05) is 49.4 Å². The largest absolute Gasteiger partial charge is 0.475 e. The highest BCUT2D eigenvalue weighted by atomic mass is 32.2. The van der Waals surface area contributed by atoms with Crippen molar-refractivity contribution >= 4 is 20.7 Å². The fraction of sp³-hybridized carbons (Fsp3) is 0.375. The summed E-state index contributed by atoms with van der Waals surface area (Å²) in [5.74, 6) is 1.34. The van der Waals surface area contributed by atoms with Gasteiger partial charge in [0.05, 0.1) is 11.5 Å². The van der Waals surface area contributed by atoms with Crippen LogP contribution in [-0.4, -0.2) is 54.5 Å². The minimum atomic E-state index is -2.89. The first-order valence-corrected chi connectivity index (χ1v) is 12.6. The Hall–Kier alpha value is -2.48. The van der Waals surface area contributed by atoms with Crippen LogP contribution in [0.25, 0.3) is 10.9 Å². The Morgan fingerprint density at radius 1 is 1.10 bits per heavy atom. The van der Waals surface area contributed by atoms with E-state index in [4.69, 9.17) is 4.74 Å². The molecule has 1 unspecified atom stereocenters. The van der Waals surface area contributed by atoms with Gasteiger partial charge in [-0.15, -0.1) is 0 Å². The van der Waals surface area contributed by atoms with Gasteiger partial charge in [0.2, 0.25) is 0 Å². The van der Waals surface area contributed by atoms with E-state index in [0.717, 1.165) is 35.3 Å². The smallest absolute Gasteiger partial charge is 0.152 e. The van der Waals surface area contributed by atoms with Gasteiger partial charge in [-0.3, -0.25) is 14.8 Å².